The third-order valence-electron chi connectivity index (χ3n) is 5.80. The molecule has 0 bridgehead atoms. The quantitative estimate of drug-likeness (QED) is 0.422. The zero-order valence-electron chi connectivity index (χ0n) is 18.9. The molecule has 0 aliphatic carbocycles. The van der Waals surface area contributed by atoms with E-state index < -0.39 is 0 Å². The first-order valence-corrected chi connectivity index (χ1v) is 11.1. The van der Waals surface area contributed by atoms with Gasteiger partial charge in [0.25, 0.3) is 0 Å². The normalized spacial score (nSPS) is 14.2. The molecule has 0 atom stereocenters. The number of piperazine rings is 1. The number of nitrogens with one attached hydrogen (secondary N) is 2. The SMILES string of the molecule is C=CC(=O)Nc1cccc(-c2cccc3cnc(Nc4cc(N5CCN(C)CC5)no4)nc23)c1. The number of hydrogen-bond donors (Lipinski definition) is 2. The monoisotopic (exact) mass is 455 g/mol. The van der Waals surface area contributed by atoms with Gasteiger partial charge in [-0.1, -0.05) is 42.1 Å². The fourth-order valence-corrected chi connectivity index (χ4v) is 3.93. The minimum atomic E-state index is -0.258. The van der Waals surface area contributed by atoms with Gasteiger partial charge in [0, 0.05) is 55.1 Å². The second-order valence-corrected chi connectivity index (χ2v) is 8.18. The lowest BCUT2D eigenvalue weighted by Gasteiger charge is -2.31. The molecule has 0 unspecified atom stereocenters. The Morgan fingerprint density at radius 3 is 2.76 bits per heavy atom. The van der Waals surface area contributed by atoms with E-state index in [0.717, 1.165) is 54.0 Å². The number of rotatable bonds is 6. The Hall–Kier alpha value is -4.24. The third-order valence-corrected chi connectivity index (χ3v) is 5.80. The van der Waals surface area contributed by atoms with E-state index in [2.05, 4.69) is 44.2 Å². The molecule has 3 heterocycles. The maximum absolute atomic E-state index is 11.7. The van der Waals surface area contributed by atoms with Crippen molar-refractivity contribution < 1.29 is 9.32 Å². The summed E-state index contributed by atoms with van der Waals surface area (Å²) in [6, 6.07) is 15.4. The fourth-order valence-electron chi connectivity index (χ4n) is 3.93. The van der Waals surface area contributed by atoms with E-state index in [-0.39, 0.29) is 5.91 Å². The predicted molar refractivity (Wildman–Crippen MR) is 133 cm³/mol. The molecule has 0 radical (unpaired) electrons. The second-order valence-electron chi connectivity index (χ2n) is 8.18. The highest BCUT2D eigenvalue weighted by atomic mass is 16.5. The Kier molecular flexibility index (Phi) is 5.92. The second kappa shape index (κ2) is 9.32. The minimum Gasteiger partial charge on any atom is -0.351 e. The van der Waals surface area contributed by atoms with Crippen LogP contribution in [0.4, 0.5) is 23.3 Å². The van der Waals surface area contributed by atoms with Crippen molar-refractivity contribution in [2.75, 3.05) is 48.8 Å². The number of amides is 1. The number of anilines is 4. The molecule has 2 aromatic carbocycles. The lowest BCUT2D eigenvalue weighted by Crippen LogP contribution is -2.44. The standard InChI is InChI=1S/C25H25N7O2/c1-3-22(33)27-19-8-4-6-17(14-19)20-9-5-7-18-16-26-25(29-24(18)20)28-23-15-21(30-34-23)32-12-10-31(2)11-13-32/h3-9,14-16H,1,10-13H2,2H3,(H,27,33)(H,26,28,29). The van der Waals surface area contributed by atoms with Gasteiger partial charge in [0.1, 0.15) is 0 Å². The molecule has 34 heavy (non-hydrogen) atoms. The Morgan fingerprint density at radius 2 is 1.94 bits per heavy atom. The van der Waals surface area contributed by atoms with E-state index in [0.29, 0.717) is 17.5 Å². The third kappa shape index (κ3) is 4.60. The van der Waals surface area contributed by atoms with E-state index in [9.17, 15) is 4.79 Å². The van der Waals surface area contributed by atoms with Gasteiger partial charge in [0.05, 0.1) is 5.52 Å². The number of benzene rings is 2. The zero-order valence-corrected chi connectivity index (χ0v) is 18.9. The first kappa shape index (κ1) is 21.6. The van der Waals surface area contributed by atoms with Crippen molar-refractivity contribution in [1.82, 2.24) is 20.0 Å². The Labute approximate surface area is 197 Å². The van der Waals surface area contributed by atoms with Crippen LogP contribution >= 0.6 is 0 Å². The van der Waals surface area contributed by atoms with Crippen molar-refractivity contribution >= 4 is 40.1 Å². The van der Waals surface area contributed by atoms with Gasteiger partial charge in [-0.05, 0) is 30.8 Å². The van der Waals surface area contributed by atoms with Gasteiger partial charge in [-0.15, -0.1) is 0 Å². The van der Waals surface area contributed by atoms with Crippen LogP contribution in [0.15, 0.2) is 71.9 Å². The molecule has 2 aromatic heterocycles. The molecular formula is C25H25N7O2. The predicted octanol–water partition coefficient (Wildman–Crippen LogP) is 3.90. The summed E-state index contributed by atoms with van der Waals surface area (Å²) < 4.78 is 5.49. The highest BCUT2D eigenvalue weighted by Gasteiger charge is 2.18. The van der Waals surface area contributed by atoms with Crippen LogP contribution in [-0.2, 0) is 4.79 Å². The summed E-state index contributed by atoms with van der Waals surface area (Å²) >= 11 is 0. The number of fused-ring (bicyclic) bond motifs is 1. The van der Waals surface area contributed by atoms with Crippen LogP contribution in [0, 0.1) is 0 Å². The molecule has 0 spiro atoms. The van der Waals surface area contributed by atoms with Crippen LogP contribution in [0.25, 0.3) is 22.0 Å². The van der Waals surface area contributed by atoms with Crippen molar-refractivity contribution in [1.29, 1.82) is 0 Å². The van der Waals surface area contributed by atoms with Gasteiger partial charge in [-0.2, -0.15) is 0 Å². The molecule has 1 fully saturated rings. The number of hydrogen-bond acceptors (Lipinski definition) is 8. The van der Waals surface area contributed by atoms with Crippen LogP contribution in [0.3, 0.4) is 0 Å². The first-order chi connectivity index (χ1) is 16.6. The fraction of sp³-hybridized carbons (Fsp3) is 0.200. The molecular weight excluding hydrogens is 430 g/mol. The molecule has 1 aliphatic heterocycles. The average molecular weight is 456 g/mol. The van der Waals surface area contributed by atoms with Crippen molar-refractivity contribution in [3.63, 3.8) is 0 Å². The molecule has 1 amide bonds. The summed E-state index contributed by atoms with van der Waals surface area (Å²) in [5.41, 5.74) is 3.32. The minimum absolute atomic E-state index is 0.258. The smallest absolute Gasteiger partial charge is 0.247 e. The lowest BCUT2D eigenvalue weighted by atomic mass is 10.0. The number of likely N-dealkylation sites (N-methyl/N-ethyl adjacent to an activating group) is 1. The van der Waals surface area contributed by atoms with Crippen LogP contribution < -0.4 is 15.5 Å². The largest absolute Gasteiger partial charge is 0.351 e. The van der Waals surface area contributed by atoms with Crippen LogP contribution in [0.2, 0.25) is 0 Å². The van der Waals surface area contributed by atoms with Gasteiger partial charge in [0.2, 0.25) is 17.7 Å². The van der Waals surface area contributed by atoms with Crippen molar-refractivity contribution in [2.24, 2.45) is 0 Å². The lowest BCUT2D eigenvalue weighted by molar-refractivity contribution is -0.111. The van der Waals surface area contributed by atoms with Crippen molar-refractivity contribution in [2.45, 2.75) is 0 Å². The van der Waals surface area contributed by atoms with E-state index in [1.807, 2.05) is 48.5 Å². The van der Waals surface area contributed by atoms with E-state index in [1.54, 1.807) is 6.20 Å². The molecule has 4 aromatic rings. The average Bonchev–Trinajstić information content (AvgIpc) is 3.32. The zero-order chi connectivity index (χ0) is 23.5. The summed E-state index contributed by atoms with van der Waals surface area (Å²) in [6.45, 7) is 7.30. The van der Waals surface area contributed by atoms with Crippen LogP contribution in [-0.4, -0.2) is 59.2 Å². The number of carbonyl (C=O) groups is 1. The summed E-state index contributed by atoms with van der Waals surface area (Å²) in [5.74, 6) is 1.44. The Morgan fingerprint density at radius 1 is 1.12 bits per heavy atom. The number of nitrogens with zero attached hydrogens (tertiary/aromatic N) is 5. The molecule has 9 nitrogen and oxygen atoms in total. The van der Waals surface area contributed by atoms with E-state index in [4.69, 9.17) is 9.51 Å². The van der Waals surface area contributed by atoms with Gasteiger partial charge in [-0.3, -0.25) is 10.1 Å². The van der Waals surface area contributed by atoms with Crippen molar-refractivity contribution in [3.8, 4) is 11.1 Å². The van der Waals surface area contributed by atoms with E-state index >= 15 is 0 Å². The molecule has 1 aliphatic rings. The number of para-hydroxylation sites is 1. The summed E-state index contributed by atoms with van der Waals surface area (Å²) in [4.78, 5) is 25.4. The maximum Gasteiger partial charge on any atom is 0.247 e. The van der Waals surface area contributed by atoms with Crippen LogP contribution in [0.5, 0.6) is 0 Å². The summed E-state index contributed by atoms with van der Waals surface area (Å²) in [5, 5.41) is 11.0. The van der Waals surface area contributed by atoms with E-state index in [1.165, 1.54) is 6.08 Å². The van der Waals surface area contributed by atoms with Gasteiger partial charge in [-0.25, -0.2) is 9.97 Å². The van der Waals surface area contributed by atoms with Gasteiger partial charge < -0.3 is 19.6 Å². The molecule has 172 valence electrons. The topological polar surface area (TPSA) is 99.4 Å². The maximum atomic E-state index is 11.7. The first-order valence-electron chi connectivity index (χ1n) is 11.1. The van der Waals surface area contributed by atoms with Crippen LogP contribution in [0.1, 0.15) is 0 Å². The molecule has 9 heteroatoms. The molecule has 5 rings (SSSR count). The molecule has 1 saturated heterocycles. The number of carbonyl (C=O) groups excluding carboxylic acids is 1. The summed E-state index contributed by atoms with van der Waals surface area (Å²) in [6.07, 6.45) is 3.02. The Bertz CT molecular complexity index is 1340. The van der Waals surface area contributed by atoms with Gasteiger partial charge in [0.15, 0.2) is 5.82 Å². The molecule has 2 N–H and O–H groups in total. The number of aromatic nitrogens is 3. The summed E-state index contributed by atoms with van der Waals surface area (Å²) in [7, 11) is 2.12. The highest BCUT2D eigenvalue weighted by molar-refractivity contribution is 6.00. The molecule has 0 saturated carbocycles. The van der Waals surface area contributed by atoms with Gasteiger partial charge >= 0.3 is 0 Å². The van der Waals surface area contributed by atoms with Crippen molar-refractivity contribution in [3.05, 3.63) is 67.4 Å². The highest BCUT2D eigenvalue weighted by Crippen LogP contribution is 2.30. The Balaban J connectivity index is 1.41.